The molecule has 3 N–H and O–H groups in total. The number of hydrogen-bond donors (Lipinski definition) is 3. The van der Waals surface area contributed by atoms with Crippen LogP contribution in [0.3, 0.4) is 0 Å². The van der Waals surface area contributed by atoms with Crippen LogP contribution in [-0.2, 0) is 4.79 Å². The molecule has 6 heteroatoms. The first-order valence-corrected chi connectivity index (χ1v) is 6.51. The highest BCUT2D eigenvalue weighted by molar-refractivity contribution is 5.82. The number of carbonyl (C=O) groups is 2. The van der Waals surface area contributed by atoms with Crippen molar-refractivity contribution in [1.29, 1.82) is 0 Å². The second-order valence-corrected chi connectivity index (χ2v) is 4.63. The Morgan fingerprint density at radius 3 is 2.56 bits per heavy atom. The van der Waals surface area contributed by atoms with E-state index in [1.807, 2.05) is 6.92 Å². The molecule has 0 aromatic heterocycles. The van der Waals surface area contributed by atoms with Crippen molar-refractivity contribution in [3.05, 3.63) is 0 Å². The van der Waals surface area contributed by atoms with Gasteiger partial charge in [0.15, 0.2) is 0 Å². The molecule has 0 radical (unpaired) electrons. The van der Waals surface area contributed by atoms with Crippen LogP contribution in [0, 0.1) is 0 Å². The topological polar surface area (TPSA) is 89.9 Å². The number of aliphatic carboxylic acids is 1. The van der Waals surface area contributed by atoms with Gasteiger partial charge in [-0.05, 0) is 19.3 Å². The zero-order chi connectivity index (χ0) is 13.5. The summed E-state index contributed by atoms with van der Waals surface area (Å²) in [5.41, 5.74) is 0. The van der Waals surface area contributed by atoms with Gasteiger partial charge < -0.3 is 20.4 Å². The van der Waals surface area contributed by atoms with Crippen LogP contribution in [0.15, 0.2) is 0 Å². The predicted octanol–water partition coefficient (Wildman–Crippen LogP) is 0.796. The van der Waals surface area contributed by atoms with E-state index in [1.165, 1.54) is 4.90 Å². The molecule has 0 unspecified atom stereocenters. The van der Waals surface area contributed by atoms with Crippen molar-refractivity contribution in [2.75, 3.05) is 13.2 Å². The standard InChI is InChI=1S/C12H22N2O4/c1-2-3-4-10(11(16)17)13-12(18)14(7-8-15)9-5-6-9/h9-10,15H,2-8H2,1H3,(H,13,18)(H,16,17)/t10-/m0/s1. The minimum atomic E-state index is -1.00. The summed E-state index contributed by atoms with van der Waals surface area (Å²) in [6, 6.07) is -1.05. The van der Waals surface area contributed by atoms with Crippen molar-refractivity contribution < 1.29 is 19.8 Å². The van der Waals surface area contributed by atoms with Crippen molar-refractivity contribution in [3.63, 3.8) is 0 Å². The van der Waals surface area contributed by atoms with Crippen LogP contribution in [0.25, 0.3) is 0 Å². The van der Waals surface area contributed by atoms with Gasteiger partial charge >= 0.3 is 12.0 Å². The summed E-state index contributed by atoms with van der Waals surface area (Å²) in [5.74, 6) is -1.00. The Balaban J connectivity index is 2.49. The third-order valence-corrected chi connectivity index (χ3v) is 3.03. The minimum Gasteiger partial charge on any atom is -0.480 e. The molecule has 6 nitrogen and oxygen atoms in total. The first-order chi connectivity index (χ1) is 8.60. The summed E-state index contributed by atoms with van der Waals surface area (Å²) >= 11 is 0. The Morgan fingerprint density at radius 2 is 2.11 bits per heavy atom. The van der Waals surface area contributed by atoms with E-state index in [4.69, 9.17) is 10.2 Å². The number of carboxylic acids is 1. The maximum Gasteiger partial charge on any atom is 0.326 e. The van der Waals surface area contributed by atoms with E-state index in [2.05, 4.69) is 5.32 Å². The lowest BCUT2D eigenvalue weighted by atomic mass is 10.1. The molecule has 1 aliphatic rings. The first kappa shape index (κ1) is 14.8. The number of carboxylic acid groups (broad SMARTS) is 1. The van der Waals surface area contributed by atoms with E-state index in [0.29, 0.717) is 6.42 Å². The van der Waals surface area contributed by atoms with Crippen LogP contribution in [-0.4, -0.2) is 52.3 Å². The largest absolute Gasteiger partial charge is 0.480 e. The van der Waals surface area contributed by atoms with Gasteiger partial charge in [-0.2, -0.15) is 0 Å². The highest BCUT2D eigenvalue weighted by Gasteiger charge is 2.33. The van der Waals surface area contributed by atoms with Crippen LogP contribution < -0.4 is 5.32 Å². The Kier molecular flexibility index (Phi) is 5.91. The highest BCUT2D eigenvalue weighted by atomic mass is 16.4. The molecule has 0 saturated heterocycles. The Morgan fingerprint density at radius 1 is 1.44 bits per heavy atom. The number of rotatable bonds is 8. The minimum absolute atomic E-state index is 0.101. The molecule has 1 fully saturated rings. The highest BCUT2D eigenvalue weighted by Crippen LogP contribution is 2.26. The van der Waals surface area contributed by atoms with E-state index in [0.717, 1.165) is 25.7 Å². The van der Waals surface area contributed by atoms with E-state index in [1.54, 1.807) is 0 Å². The van der Waals surface area contributed by atoms with Crippen molar-refractivity contribution in [2.45, 2.75) is 51.1 Å². The number of nitrogens with zero attached hydrogens (tertiary/aromatic N) is 1. The van der Waals surface area contributed by atoms with E-state index < -0.39 is 12.0 Å². The normalized spacial score (nSPS) is 16.1. The molecule has 1 rings (SSSR count). The average molecular weight is 258 g/mol. The fraction of sp³-hybridized carbons (Fsp3) is 0.833. The van der Waals surface area contributed by atoms with Gasteiger partial charge in [0, 0.05) is 12.6 Å². The molecule has 0 spiro atoms. The van der Waals surface area contributed by atoms with Crippen LogP contribution in [0.5, 0.6) is 0 Å². The fourth-order valence-electron chi connectivity index (χ4n) is 1.84. The molecule has 1 aliphatic carbocycles. The monoisotopic (exact) mass is 258 g/mol. The summed E-state index contributed by atoms with van der Waals surface area (Å²) in [4.78, 5) is 24.5. The lowest BCUT2D eigenvalue weighted by Crippen LogP contribution is -2.49. The fourth-order valence-corrected chi connectivity index (χ4v) is 1.84. The predicted molar refractivity (Wildman–Crippen MR) is 66.3 cm³/mol. The molecule has 0 bridgehead atoms. The summed E-state index contributed by atoms with van der Waals surface area (Å²) < 4.78 is 0. The van der Waals surface area contributed by atoms with Gasteiger partial charge in [0.05, 0.1) is 6.61 Å². The molecule has 18 heavy (non-hydrogen) atoms. The molecule has 0 aromatic rings. The third kappa shape index (κ3) is 4.52. The van der Waals surface area contributed by atoms with Gasteiger partial charge in [-0.25, -0.2) is 9.59 Å². The molecule has 2 amide bonds. The smallest absolute Gasteiger partial charge is 0.326 e. The summed E-state index contributed by atoms with van der Waals surface area (Å²) in [5, 5.41) is 20.5. The number of nitrogens with one attached hydrogen (secondary N) is 1. The Labute approximate surface area is 107 Å². The summed E-state index contributed by atoms with van der Waals surface area (Å²) in [7, 11) is 0. The van der Waals surface area contributed by atoms with Gasteiger partial charge in [-0.1, -0.05) is 19.8 Å². The number of carbonyl (C=O) groups excluding carboxylic acids is 1. The van der Waals surface area contributed by atoms with Gasteiger partial charge in [0.25, 0.3) is 0 Å². The van der Waals surface area contributed by atoms with Crippen molar-refractivity contribution in [1.82, 2.24) is 10.2 Å². The number of aliphatic hydroxyl groups is 1. The number of hydrogen-bond acceptors (Lipinski definition) is 3. The van der Waals surface area contributed by atoms with Gasteiger partial charge in [-0.15, -0.1) is 0 Å². The molecule has 1 atom stereocenters. The Hall–Kier alpha value is -1.30. The van der Waals surface area contributed by atoms with Crippen molar-refractivity contribution in [2.24, 2.45) is 0 Å². The van der Waals surface area contributed by atoms with Crippen molar-refractivity contribution >= 4 is 12.0 Å². The van der Waals surface area contributed by atoms with Crippen LogP contribution in [0.4, 0.5) is 4.79 Å². The summed E-state index contributed by atoms with van der Waals surface area (Å²) in [6.07, 6.45) is 3.96. The molecule has 0 aromatic carbocycles. The number of aliphatic hydroxyl groups excluding tert-OH is 1. The zero-order valence-corrected chi connectivity index (χ0v) is 10.8. The van der Waals surface area contributed by atoms with Gasteiger partial charge in [0.1, 0.15) is 6.04 Å². The van der Waals surface area contributed by atoms with Crippen LogP contribution in [0.2, 0.25) is 0 Å². The van der Waals surface area contributed by atoms with E-state index in [-0.39, 0.29) is 25.2 Å². The lowest BCUT2D eigenvalue weighted by Gasteiger charge is -2.24. The molecule has 0 heterocycles. The number of urea groups is 1. The molecule has 1 saturated carbocycles. The van der Waals surface area contributed by atoms with E-state index in [9.17, 15) is 9.59 Å². The first-order valence-electron chi connectivity index (χ1n) is 6.51. The number of amides is 2. The SMILES string of the molecule is CCCC[C@H](NC(=O)N(CCO)C1CC1)C(=O)O. The third-order valence-electron chi connectivity index (χ3n) is 3.03. The Bertz CT molecular complexity index is 292. The molecular weight excluding hydrogens is 236 g/mol. The number of unbranched alkanes of at least 4 members (excludes halogenated alkanes) is 1. The second kappa shape index (κ2) is 7.20. The molecule has 104 valence electrons. The van der Waals surface area contributed by atoms with Gasteiger partial charge in [-0.3, -0.25) is 0 Å². The van der Waals surface area contributed by atoms with Gasteiger partial charge in [0.2, 0.25) is 0 Å². The average Bonchev–Trinajstić information content (AvgIpc) is 3.14. The van der Waals surface area contributed by atoms with Crippen molar-refractivity contribution in [3.8, 4) is 0 Å². The molecular formula is C12H22N2O4. The second-order valence-electron chi connectivity index (χ2n) is 4.63. The van der Waals surface area contributed by atoms with E-state index >= 15 is 0 Å². The quantitative estimate of drug-likeness (QED) is 0.600. The zero-order valence-electron chi connectivity index (χ0n) is 10.8. The van der Waals surface area contributed by atoms with Crippen LogP contribution in [0.1, 0.15) is 39.0 Å². The summed E-state index contributed by atoms with van der Waals surface area (Å²) in [6.45, 7) is 2.14. The van der Waals surface area contributed by atoms with Crippen LogP contribution >= 0.6 is 0 Å². The maximum atomic E-state index is 11.9. The maximum absolute atomic E-state index is 11.9. The molecule has 0 aliphatic heterocycles. The lowest BCUT2D eigenvalue weighted by molar-refractivity contribution is -0.139.